The summed E-state index contributed by atoms with van der Waals surface area (Å²) in [5.74, 6) is 1.32. The van der Waals surface area contributed by atoms with E-state index in [0.29, 0.717) is 30.9 Å². The van der Waals surface area contributed by atoms with Crippen molar-refractivity contribution >= 4 is 21.6 Å². The SMILES string of the molecule is CCc1nc2n(n1)CCCC2NS(=O)(=O)c1ccc2c(c1)N(C(C)=O)CC2. The van der Waals surface area contributed by atoms with Crippen LogP contribution >= 0.6 is 0 Å². The molecule has 1 unspecified atom stereocenters. The predicted octanol–water partition coefficient (Wildman–Crippen LogP) is 1.56. The van der Waals surface area contributed by atoms with Gasteiger partial charge < -0.3 is 4.90 Å². The molecule has 144 valence electrons. The van der Waals surface area contributed by atoms with Gasteiger partial charge in [0.05, 0.1) is 10.9 Å². The second kappa shape index (κ2) is 6.72. The third kappa shape index (κ3) is 3.25. The van der Waals surface area contributed by atoms with Crippen molar-refractivity contribution in [3.8, 4) is 0 Å². The number of sulfonamides is 1. The Balaban J connectivity index is 1.63. The number of nitrogens with zero attached hydrogens (tertiary/aromatic N) is 4. The summed E-state index contributed by atoms with van der Waals surface area (Å²) in [7, 11) is -3.74. The van der Waals surface area contributed by atoms with Gasteiger partial charge in [-0.2, -0.15) is 5.10 Å². The van der Waals surface area contributed by atoms with Crippen LogP contribution in [0.4, 0.5) is 5.69 Å². The van der Waals surface area contributed by atoms with E-state index in [2.05, 4.69) is 14.8 Å². The third-order valence-corrected chi connectivity index (χ3v) is 6.64. The molecule has 0 radical (unpaired) electrons. The molecular formula is C18H23N5O3S. The predicted molar refractivity (Wildman–Crippen MR) is 99.9 cm³/mol. The van der Waals surface area contributed by atoms with Gasteiger partial charge in [-0.1, -0.05) is 13.0 Å². The number of benzene rings is 1. The van der Waals surface area contributed by atoms with Gasteiger partial charge in [-0.05, 0) is 37.0 Å². The number of amides is 1. The highest BCUT2D eigenvalue weighted by Crippen LogP contribution is 2.32. The number of fused-ring (bicyclic) bond motifs is 2. The van der Waals surface area contributed by atoms with Crippen molar-refractivity contribution in [1.82, 2.24) is 19.5 Å². The van der Waals surface area contributed by atoms with Crippen molar-refractivity contribution < 1.29 is 13.2 Å². The molecule has 2 aliphatic rings. The van der Waals surface area contributed by atoms with E-state index in [4.69, 9.17) is 0 Å². The lowest BCUT2D eigenvalue weighted by molar-refractivity contribution is -0.116. The normalized spacial score (nSPS) is 19.0. The molecule has 0 fully saturated rings. The smallest absolute Gasteiger partial charge is 0.241 e. The molecule has 1 N–H and O–H groups in total. The van der Waals surface area contributed by atoms with Crippen LogP contribution in [0.2, 0.25) is 0 Å². The van der Waals surface area contributed by atoms with E-state index >= 15 is 0 Å². The van der Waals surface area contributed by atoms with Gasteiger partial charge in [0.1, 0.15) is 5.82 Å². The van der Waals surface area contributed by atoms with Crippen molar-refractivity contribution in [1.29, 1.82) is 0 Å². The summed E-state index contributed by atoms with van der Waals surface area (Å²) < 4.78 is 30.6. The van der Waals surface area contributed by atoms with Crippen molar-refractivity contribution in [2.75, 3.05) is 11.4 Å². The number of carbonyl (C=O) groups is 1. The van der Waals surface area contributed by atoms with Gasteiger partial charge in [0.2, 0.25) is 15.9 Å². The molecule has 0 spiro atoms. The first-order valence-corrected chi connectivity index (χ1v) is 10.7. The van der Waals surface area contributed by atoms with Crippen LogP contribution in [0.5, 0.6) is 0 Å². The van der Waals surface area contributed by atoms with E-state index in [1.54, 1.807) is 27.8 Å². The molecule has 1 aromatic carbocycles. The Bertz CT molecular complexity index is 998. The number of aryl methyl sites for hydroxylation is 2. The molecule has 1 atom stereocenters. The second-order valence-corrected chi connectivity index (χ2v) is 8.70. The number of rotatable bonds is 4. The Labute approximate surface area is 158 Å². The van der Waals surface area contributed by atoms with Crippen molar-refractivity contribution in [2.24, 2.45) is 0 Å². The van der Waals surface area contributed by atoms with E-state index in [-0.39, 0.29) is 10.8 Å². The fraction of sp³-hybridized carbons (Fsp3) is 0.500. The first kappa shape index (κ1) is 18.1. The van der Waals surface area contributed by atoms with Gasteiger partial charge in [-0.3, -0.25) is 4.79 Å². The zero-order valence-electron chi connectivity index (χ0n) is 15.5. The molecule has 0 aliphatic carbocycles. The third-order valence-electron chi connectivity index (χ3n) is 5.17. The molecule has 1 aromatic heterocycles. The summed E-state index contributed by atoms with van der Waals surface area (Å²) in [5, 5.41) is 4.43. The lowest BCUT2D eigenvalue weighted by Crippen LogP contribution is -2.33. The van der Waals surface area contributed by atoms with Gasteiger partial charge in [-0.25, -0.2) is 22.8 Å². The van der Waals surface area contributed by atoms with Crippen LogP contribution in [0.3, 0.4) is 0 Å². The van der Waals surface area contributed by atoms with Crippen LogP contribution < -0.4 is 9.62 Å². The summed E-state index contributed by atoms with van der Waals surface area (Å²) in [6, 6.07) is 4.60. The standard InChI is InChI=1S/C18H23N5O3S/c1-3-17-19-18-15(5-4-9-23(18)20-17)21-27(25,26)14-7-6-13-8-10-22(12(2)24)16(13)11-14/h6-7,11,15,21H,3-5,8-10H2,1-2H3. The quantitative estimate of drug-likeness (QED) is 0.856. The fourth-order valence-corrected chi connectivity index (χ4v) is 5.02. The average Bonchev–Trinajstić information content (AvgIpc) is 3.25. The minimum atomic E-state index is -3.74. The number of aromatic nitrogens is 3. The zero-order valence-corrected chi connectivity index (χ0v) is 16.3. The Morgan fingerprint density at radius 1 is 1.33 bits per heavy atom. The number of carbonyl (C=O) groups excluding carboxylic acids is 1. The van der Waals surface area contributed by atoms with Gasteiger partial charge in [-0.15, -0.1) is 0 Å². The lowest BCUT2D eigenvalue weighted by atomic mass is 10.1. The lowest BCUT2D eigenvalue weighted by Gasteiger charge is -2.23. The summed E-state index contributed by atoms with van der Waals surface area (Å²) in [6.45, 7) is 4.82. The minimum absolute atomic E-state index is 0.0799. The Hall–Kier alpha value is -2.26. The molecule has 0 saturated heterocycles. The highest BCUT2D eigenvalue weighted by molar-refractivity contribution is 7.89. The maximum atomic E-state index is 13.0. The first-order chi connectivity index (χ1) is 12.9. The van der Waals surface area contributed by atoms with Gasteiger partial charge in [0.25, 0.3) is 0 Å². The molecule has 9 heteroatoms. The zero-order chi connectivity index (χ0) is 19.2. The first-order valence-electron chi connectivity index (χ1n) is 9.26. The van der Waals surface area contributed by atoms with Crippen LogP contribution in [-0.4, -0.2) is 35.6 Å². The Kier molecular flexibility index (Phi) is 4.51. The van der Waals surface area contributed by atoms with Crippen molar-refractivity contribution in [3.05, 3.63) is 35.4 Å². The van der Waals surface area contributed by atoms with Gasteiger partial charge >= 0.3 is 0 Å². The van der Waals surface area contributed by atoms with E-state index in [1.807, 2.05) is 6.92 Å². The van der Waals surface area contributed by atoms with Crippen LogP contribution in [-0.2, 0) is 34.2 Å². The van der Waals surface area contributed by atoms with E-state index in [0.717, 1.165) is 30.8 Å². The van der Waals surface area contributed by atoms with Crippen LogP contribution in [0, 0.1) is 0 Å². The Morgan fingerprint density at radius 3 is 2.89 bits per heavy atom. The second-order valence-electron chi connectivity index (χ2n) is 6.99. The summed E-state index contributed by atoms with van der Waals surface area (Å²) >= 11 is 0. The molecular weight excluding hydrogens is 366 g/mol. The fourth-order valence-electron chi connectivity index (χ4n) is 3.77. The molecule has 1 amide bonds. The molecule has 0 saturated carbocycles. The molecule has 8 nitrogen and oxygen atoms in total. The summed E-state index contributed by atoms with van der Waals surface area (Å²) in [5.41, 5.74) is 1.68. The molecule has 2 aliphatic heterocycles. The number of hydrogen-bond donors (Lipinski definition) is 1. The molecule has 27 heavy (non-hydrogen) atoms. The van der Waals surface area contributed by atoms with Crippen molar-refractivity contribution in [3.63, 3.8) is 0 Å². The number of anilines is 1. The number of hydrogen-bond acceptors (Lipinski definition) is 5. The molecule has 2 aromatic rings. The maximum absolute atomic E-state index is 13.0. The average molecular weight is 389 g/mol. The van der Waals surface area contributed by atoms with Gasteiger partial charge in [0.15, 0.2) is 5.82 Å². The molecule has 0 bridgehead atoms. The topological polar surface area (TPSA) is 97.2 Å². The molecule has 4 rings (SSSR count). The summed E-state index contributed by atoms with van der Waals surface area (Å²) in [6.07, 6.45) is 2.99. The minimum Gasteiger partial charge on any atom is -0.312 e. The van der Waals surface area contributed by atoms with E-state index in [1.165, 1.54) is 6.92 Å². The Morgan fingerprint density at radius 2 is 2.15 bits per heavy atom. The van der Waals surface area contributed by atoms with Gasteiger partial charge in [0, 0.05) is 32.1 Å². The van der Waals surface area contributed by atoms with Crippen molar-refractivity contribution in [2.45, 2.75) is 57.0 Å². The highest BCUT2D eigenvalue weighted by atomic mass is 32.2. The summed E-state index contributed by atoms with van der Waals surface area (Å²) in [4.78, 5) is 18.1. The number of nitrogens with one attached hydrogen (secondary N) is 1. The largest absolute Gasteiger partial charge is 0.312 e. The highest BCUT2D eigenvalue weighted by Gasteiger charge is 2.30. The maximum Gasteiger partial charge on any atom is 0.241 e. The van der Waals surface area contributed by atoms with Crippen LogP contribution in [0.1, 0.15) is 49.9 Å². The van der Waals surface area contributed by atoms with E-state index in [9.17, 15) is 13.2 Å². The van der Waals surface area contributed by atoms with E-state index < -0.39 is 16.1 Å². The van der Waals surface area contributed by atoms with Crippen LogP contribution in [0.25, 0.3) is 0 Å². The van der Waals surface area contributed by atoms with Crippen LogP contribution in [0.15, 0.2) is 23.1 Å². The monoisotopic (exact) mass is 389 g/mol. The molecule has 3 heterocycles.